The van der Waals surface area contributed by atoms with Gasteiger partial charge in [0, 0.05) is 11.8 Å². The summed E-state index contributed by atoms with van der Waals surface area (Å²) in [5.74, 6) is -5.15. The number of halogens is 5. The van der Waals surface area contributed by atoms with Gasteiger partial charge in [0.1, 0.15) is 29.0 Å². The Kier molecular flexibility index (Phi) is 6.78. The van der Waals surface area contributed by atoms with Crippen LogP contribution in [-0.4, -0.2) is 24.2 Å². The second kappa shape index (κ2) is 8.89. The van der Waals surface area contributed by atoms with E-state index in [-0.39, 0.29) is 5.69 Å². The summed E-state index contributed by atoms with van der Waals surface area (Å²) in [5.41, 5.74) is -0.861. The van der Waals surface area contributed by atoms with Crippen LogP contribution in [-0.2, 0) is 4.79 Å². The monoisotopic (exact) mass is 416 g/mol. The fourth-order valence-corrected chi connectivity index (χ4v) is 2.45. The van der Waals surface area contributed by atoms with E-state index in [0.29, 0.717) is 0 Å². The van der Waals surface area contributed by atoms with Crippen molar-refractivity contribution in [3.05, 3.63) is 59.7 Å². The number of anilines is 1. The number of carbonyl (C=O) groups is 2. The van der Waals surface area contributed by atoms with Crippen molar-refractivity contribution in [1.82, 2.24) is 5.32 Å². The van der Waals surface area contributed by atoms with E-state index < -0.39 is 53.1 Å². The van der Waals surface area contributed by atoms with Crippen molar-refractivity contribution in [3.63, 3.8) is 0 Å². The fraction of sp³-hybridized carbons (Fsp3) is 0.263. The summed E-state index contributed by atoms with van der Waals surface area (Å²) in [4.78, 5) is 24.8. The minimum absolute atomic E-state index is 0.0197. The van der Waals surface area contributed by atoms with Gasteiger partial charge < -0.3 is 15.4 Å². The lowest BCUT2D eigenvalue weighted by Crippen LogP contribution is -2.47. The standard InChI is InChI=1S/C19H17F5N2O3/c1-10(2)16(26-17(27)15-13(20)7-4-8-14(15)21)18(28)25-11-5-3-6-12(9-11)29-19(22,23)24/h3-10,16H,1-2H3,(H,25,28)(H,26,27). The molecule has 0 fully saturated rings. The van der Waals surface area contributed by atoms with Crippen LogP contribution in [0.15, 0.2) is 42.5 Å². The summed E-state index contributed by atoms with van der Waals surface area (Å²) in [5, 5.41) is 4.59. The minimum atomic E-state index is -4.90. The van der Waals surface area contributed by atoms with Gasteiger partial charge in [0.2, 0.25) is 5.91 Å². The first-order valence-corrected chi connectivity index (χ1v) is 8.39. The predicted octanol–water partition coefficient (Wildman–Crippen LogP) is 4.26. The van der Waals surface area contributed by atoms with Crippen molar-refractivity contribution < 1.29 is 36.3 Å². The van der Waals surface area contributed by atoms with Crippen LogP contribution in [0.2, 0.25) is 0 Å². The topological polar surface area (TPSA) is 67.4 Å². The Balaban J connectivity index is 2.16. The molecule has 29 heavy (non-hydrogen) atoms. The van der Waals surface area contributed by atoms with Gasteiger partial charge in [-0.15, -0.1) is 13.2 Å². The van der Waals surface area contributed by atoms with Crippen molar-refractivity contribution in [2.45, 2.75) is 26.3 Å². The number of hydrogen-bond donors (Lipinski definition) is 2. The number of nitrogens with one attached hydrogen (secondary N) is 2. The second-order valence-corrected chi connectivity index (χ2v) is 6.36. The number of alkyl halides is 3. The highest BCUT2D eigenvalue weighted by Crippen LogP contribution is 2.25. The zero-order valence-electron chi connectivity index (χ0n) is 15.3. The Morgan fingerprint density at radius 2 is 1.59 bits per heavy atom. The summed E-state index contributed by atoms with van der Waals surface area (Å²) in [7, 11) is 0. The summed E-state index contributed by atoms with van der Waals surface area (Å²) in [6.45, 7) is 3.15. The van der Waals surface area contributed by atoms with E-state index in [9.17, 15) is 31.5 Å². The molecule has 10 heteroatoms. The quantitative estimate of drug-likeness (QED) is 0.692. The van der Waals surface area contributed by atoms with Gasteiger partial charge in [-0.3, -0.25) is 9.59 Å². The van der Waals surface area contributed by atoms with Gasteiger partial charge in [0.25, 0.3) is 5.91 Å². The van der Waals surface area contributed by atoms with Crippen LogP contribution < -0.4 is 15.4 Å². The van der Waals surface area contributed by atoms with Crippen LogP contribution in [0.25, 0.3) is 0 Å². The minimum Gasteiger partial charge on any atom is -0.406 e. The molecular weight excluding hydrogens is 399 g/mol. The number of rotatable bonds is 6. The molecule has 0 aliphatic heterocycles. The number of ether oxygens (including phenoxy) is 1. The summed E-state index contributed by atoms with van der Waals surface area (Å²) in [6, 6.07) is 6.21. The van der Waals surface area contributed by atoms with Gasteiger partial charge in [-0.05, 0) is 30.2 Å². The number of amides is 2. The van der Waals surface area contributed by atoms with E-state index >= 15 is 0 Å². The van der Waals surface area contributed by atoms with Crippen molar-refractivity contribution in [2.24, 2.45) is 5.92 Å². The first-order chi connectivity index (χ1) is 13.5. The lowest BCUT2D eigenvalue weighted by atomic mass is 10.0. The van der Waals surface area contributed by atoms with Crippen LogP contribution in [0, 0.1) is 17.6 Å². The van der Waals surface area contributed by atoms with Crippen LogP contribution in [0.4, 0.5) is 27.6 Å². The van der Waals surface area contributed by atoms with Gasteiger partial charge in [-0.1, -0.05) is 26.0 Å². The van der Waals surface area contributed by atoms with E-state index in [4.69, 9.17) is 0 Å². The third-order valence-corrected chi connectivity index (χ3v) is 3.76. The Labute approximate surface area is 162 Å². The van der Waals surface area contributed by atoms with Crippen LogP contribution in [0.3, 0.4) is 0 Å². The molecule has 0 saturated heterocycles. The molecular formula is C19H17F5N2O3. The van der Waals surface area contributed by atoms with E-state index in [1.807, 2.05) is 0 Å². The van der Waals surface area contributed by atoms with Crippen LogP contribution in [0.5, 0.6) is 5.75 Å². The van der Waals surface area contributed by atoms with Crippen molar-refractivity contribution in [2.75, 3.05) is 5.32 Å². The van der Waals surface area contributed by atoms with Gasteiger partial charge in [0.15, 0.2) is 0 Å². The van der Waals surface area contributed by atoms with Crippen LogP contribution >= 0.6 is 0 Å². The Hall–Kier alpha value is -3.17. The summed E-state index contributed by atoms with van der Waals surface area (Å²) < 4.78 is 68.3. The Morgan fingerprint density at radius 3 is 2.14 bits per heavy atom. The lowest BCUT2D eigenvalue weighted by Gasteiger charge is -2.22. The third kappa shape index (κ3) is 6.16. The highest BCUT2D eigenvalue weighted by molar-refractivity contribution is 6.01. The molecule has 0 aromatic heterocycles. The van der Waals surface area contributed by atoms with Crippen molar-refractivity contribution in [3.8, 4) is 5.75 Å². The van der Waals surface area contributed by atoms with E-state index in [1.54, 1.807) is 13.8 Å². The maximum atomic E-state index is 13.8. The maximum absolute atomic E-state index is 13.8. The van der Waals surface area contributed by atoms with Gasteiger partial charge in [-0.25, -0.2) is 8.78 Å². The van der Waals surface area contributed by atoms with Gasteiger partial charge in [-0.2, -0.15) is 0 Å². The molecule has 0 aliphatic carbocycles. The SMILES string of the molecule is CC(C)C(NC(=O)c1c(F)cccc1F)C(=O)Nc1cccc(OC(F)(F)F)c1. The smallest absolute Gasteiger partial charge is 0.406 e. The number of hydrogen-bond acceptors (Lipinski definition) is 3. The summed E-state index contributed by atoms with van der Waals surface area (Å²) >= 11 is 0. The maximum Gasteiger partial charge on any atom is 0.573 e. The molecule has 0 bridgehead atoms. The van der Waals surface area contributed by atoms with Gasteiger partial charge in [0.05, 0.1) is 0 Å². The summed E-state index contributed by atoms with van der Waals surface area (Å²) in [6.07, 6.45) is -4.90. The third-order valence-electron chi connectivity index (χ3n) is 3.76. The lowest BCUT2D eigenvalue weighted by molar-refractivity contribution is -0.274. The molecule has 0 spiro atoms. The Bertz CT molecular complexity index is 879. The molecule has 0 radical (unpaired) electrons. The molecule has 156 valence electrons. The molecule has 0 heterocycles. The molecule has 5 nitrogen and oxygen atoms in total. The molecule has 2 aromatic carbocycles. The van der Waals surface area contributed by atoms with Gasteiger partial charge >= 0.3 is 6.36 Å². The molecule has 0 aliphatic rings. The average molecular weight is 416 g/mol. The molecule has 0 saturated carbocycles. The first kappa shape index (κ1) is 22.1. The molecule has 1 atom stereocenters. The molecule has 2 aromatic rings. The first-order valence-electron chi connectivity index (χ1n) is 8.39. The number of carbonyl (C=O) groups excluding carboxylic acids is 2. The molecule has 2 rings (SSSR count). The second-order valence-electron chi connectivity index (χ2n) is 6.36. The zero-order valence-corrected chi connectivity index (χ0v) is 15.3. The van der Waals surface area contributed by atoms with Crippen LogP contribution in [0.1, 0.15) is 24.2 Å². The molecule has 2 N–H and O–H groups in total. The fourth-order valence-electron chi connectivity index (χ4n) is 2.45. The molecule has 1 unspecified atom stereocenters. The highest BCUT2D eigenvalue weighted by Gasteiger charge is 2.31. The van der Waals surface area contributed by atoms with E-state index in [1.165, 1.54) is 12.1 Å². The van der Waals surface area contributed by atoms with Crippen molar-refractivity contribution >= 4 is 17.5 Å². The predicted molar refractivity (Wildman–Crippen MR) is 94.2 cm³/mol. The average Bonchev–Trinajstić information content (AvgIpc) is 2.58. The molecule has 2 amide bonds. The Morgan fingerprint density at radius 1 is 1.00 bits per heavy atom. The largest absolute Gasteiger partial charge is 0.573 e. The number of benzene rings is 2. The van der Waals surface area contributed by atoms with Crippen molar-refractivity contribution in [1.29, 1.82) is 0 Å². The van der Waals surface area contributed by atoms with E-state index in [0.717, 1.165) is 30.3 Å². The normalized spacial score (nSPS) is 12.4. The zero-order chi connectivity index (χ0) is 21.8. The van der Waals surface area contributed by atoms with E-state index in [2.05, 4.69) is 15.4 Å². The highest BCUT2D eigenvalue weighted by atomic mass is 19.4.